The number of carbonyl (C=O) groups is 2. The van der Waals surface area contributed by atoms with Gasteiger partial charge in [-0.25, -0.2) is 9.50 Å². The molecule has 0 saturated carbocycles. The van der Waals surface area contributed by atoms with Gasteiger partial charge in [0.05, 0.1) is 11.3 Å². The van der Waals surface area contributed by atoms with Gasteiger partial charge in [-0.15, -0.1) is 11.3 Å². The quantitative estimate of drug-likeness (QED) is 0.657. The zero-order chi connectivity index (χ0) is 19.8. The zero-order valence-electron chi connectivity index (χ0n) is 16.1. The summed E-state index contributed by atoms with van der Waals surface area (Å²) in [4.78, 5) is 35.1. The average molecular weight is 398 g/mol. The number of aromatic nitrogens is 4. The Labute approximate surface area is 166 Å². The fourth-order valence-electron chi connectivity index (χ4n) is 3.62. The van der Waals surface area contributed by atoms with E-state index in [1.807, 2.05) is 19.9 Å². The molecule has 2 N–H and O–H groups in total. The van der Waals surface area contributed by atoms with E-state index in [0.29, 0.717) is 16.6 Å². The molecule has 0 fully saturated rings. The minimum absolute atomic E-state index is 0.0964. The number of thiophene rings is 1. The third kappa shape index (κ3) is 3.49. The molecule has 4 rings (SSSR count). The first-order valence-electron chi connectivity index (χ1n) is 9.29. The van der Waals surface area contributed by atoms with Gasteiger partial charge in [-0.05, 0) is 50.7 Å². The molecule has 0 bridgehead atoms. The molecule has 3 aromatic rings. The highest BCUT2D eigenvalue weighted by molar-refractivity contribution is 7.14. The van der Waals surface area contributed by atoms with Crippen LogP contribution in [0.2, 0.25) is 0 Å². The van der Waals surface area contributed by atoms with E-state index in [1.54, 1.807) is 4.52 Å². The molecule has 0 saturated heterocycles. The predicted molar refractivity (Wildman–Crippen MR) is 105 cm³/mol. The van der Waals surface area contributed by atoms with Crippen LogP contribution in [-0.2, 0) is 24.1 Å². The Kier molecular flexibility index (Phi) is 4.84. The van der Waals surface area contributed by atoms with Gasteiger partial charge in [0, 0.05) is 21.8 Å². The van der Waals surface area contributed by atoms with E-state index in [2.05, 4.69) is 32.8 Å². The molecular formula is C19H22N6O2S. The van der Waals surface area contributed by atoms with Crippen LogP contribution in [0.4, 0.5) is 0 Å². The third-order valence-electron chi connectivity index (χ3n) is 5.19. The van der Waals surface area contributed by atoms with E-state index >= 15 is 0 Å². The Hall–Kier alpha value is -2.81. The SMILES string of the molecule is Cc1nc2ncnn2c(C)c1CC(=O)NNC(=O)c1cc2c(s1)CC[C@H](C)C2. The number of nitrogens with zero attached hydrogens (tertiary/aromatic N) is 4. The fourth-order valence-corrected chi connectivity index (χ4v) is 4.73. The molecule has 0 aromatic carbocycles. The van der Waals surface area contributed by atoms with Gasteiger partial charge < -0.3 is 0 Å². The van der Waals surface area contributed by atoms with Crippen molar-refractivity contribution in [3.8, 4) is 0 Å². The fraction of sp³-hybridized carbons (Fsp3) is 0.421. The van der Waals surface area contributed by atoms with Crippen molar-refractivity contribution in [1.82, 2.24) is 30.4 Å². The molecule has 1 aliphatic rings. The second-order valence-electron chi connectivity index (χ2n) is 7.32. The first kappa shape index (κ1) is 18.5. The van der Waals surface area contributed by atoms with E-state index in [0.717, 1.165) is 36.2 Å². The van der Waals surface area contributed by atoms with Crippen LogP contribution in [0.3, 0.4) is 0 Å². The summed E-state index contributed by atoms with van der Waals surface area (Å²) in [5.41, 5.74) is 8.60. The van der Waals surface area contributed by atoms with Crippen molar-refractivity contribution >= 4 is 28.9 Å². The summed E-state index contributed by atoms with van der Waals surface area (Å²) in [6, 6.07) is 1.95. The molecule has 3 aromatic heterocycles. The molecule has 0 aliphatic heterocycles. The topological polar surface area (TPSA) is 101 Å². The first-order chi connectivity index (χ1) is 13.4. The van der Waals surface area contributed by atoms with Crippen molar-refractivity contribution in [3.05, 3.63) is 44.7 Å². The Morgan fingerprint density at radius 2 is 2.14 bits per heavy atom. The summed E-state index contributed by atoms with van der Waals surface area (Å²) in [7, 11) is 0. The number of fused-ring (bicyclic) bond motifs is 2. The van der Waals surface area contributed by atoms with Gasteiger partial charge in [-0.2, -0.15) is 10.1 Å². The van der Waals surface area contributed by atoms with Gasteiger partial charge >= 0.3 is 0 Å². The van der Waals surface area contributed by atoms with Gasteiger partial charge in [0.1, 0.15) is 6.33 Å². The molecule has 3 heterocycles. The molecule has 8 nitrogen and oxygen atoms in total. The molecule has 0 spiro atoms. The van der Waals surface area contributed by atoms with Crippen LogP contribution in [0.1, 0.15) is 50.4 Å². The lowest BCUT2D eigenvalue weighted by molar-refractivity contribution is -0.121. The predicted octanol–water partition coefficient (Wildman–Crippen LogP) is 1.93. The maximum absolute atomic E-state index is 12.4. The Morgan fingerprint density at radius 1 is 1.32 bits per heavy atom. The number of nitrogens with one attached hydrogen (secondary N) is 2. The minimum Gasteiger partial charge on any atom is -0.273 e. The Bertz CT molecular complexity index is 1070. The normalized spacial score (nSPS) is 16.0. The minimum atomic E-state index is -0.309. The molecule has 146 valence electrons. The number of hydrazine groups is 1. The van der Waals surface area contributed by atoms with Crippen LogP contribution in [-0.4, -0.2) is 31.4 Å². The largest absolute Gasteiger partial charge is 0.279 e. The van der Waals surface area contributed by atoms with Crippen LogP contribution in [0.5, 0.6) is 0 Å². The van der Waals surface area contributed by atoms with Crippen molar-refractivity contribution in [1.29, 1.82) is 0 Å². The lowest BCUT2D eigenvalue weighted by Gasteiger charge is -2.16. The monoisotopic (exact) mass is 398 g/mol. The standard InChI is InChI=1S/C19H22N6O2S/c1-10-4-5-15-13(6-10)7-16(28-15)18(27)24-23-17(26)8-14-11(2)22-19-20-9-21-25(19)12(14)3/h7,9-10H,4-6,8H2,1-3H3,(H,23,26)(H,24,27)/t10-/m0/s1. The van der Waals surface area contributed by atoms with Gasteiger partial charge in [0.2, 0.25) is 5.91 Å². The lowest BCUT2D eigenvalue weighted by atomic mass is 9.90. The highest BCUT2D eigenvalue weighted by Crippen LogP contribution is 2.32. The zero-order valence-corrected chi connectivity index (χ0v) is 16.9. The molecular weight excluding hydrogens is 376 g/mol. The highest BCUT2D eigenvalue weighted by atomic mass is 32.1. The molecule has 0 unspecified atom stereocenters. The van der Waals surface area contributed by atoms with Crippen molar-refractivity contribution in [3.63, 3.8) is 0 Å². The molecule has 1 aliphatic carbocycles. The highest BCUT2D eigenvalue weighted by Gasteiger charge is 2.21. The number of amides is 2. The molecule has 1 atom stereocenters. The smallest absolute Gasteiger partial charge is 0.273 e. The van der Waals surface area contributed by atoms with E-state index in [9.17, 15) is 9.59 Å². The number of hydrogen-bond acceptors (Lipinski definition) is 6. The van der Waals surface area contributed by atoms with E-state index in [4.69, 9.17) is 0 Å². The van der Waals surface area contributed by atoms with Gasteiger partial charge in [0.25, 0.3) is 11.7 Å². The van der Waals surface area contributed by atoms with Crippen LogP contribution in [0.15, 0.2) is 12.4 Å². The number of hydrogen-bond donors (Lipinski definition) is 2. The second-order valence-corrected chi connectivity index (χ2v) is 8.46. The van der Waals surface area contributed by atoms with E-state index < -0.39 is 0 Å². The van der Waals surface area contributed by atoms with Crippen LogP contribution in [0, 0.1) is 19.8 Å². The maximum Gasteiger partial charge on any atom is 0.279 e. The van der Waals surface area contributed by atoms with E-state index in [1.165, 1.54) is 28.1 Å². The summed E-state index contributed by atoms with van der Waals surface area (Å²) in [6.45, 7) is 5.94. The Morgan fingerprint density at radius 3 is 2.96 bits per heavy atom. The molecule has 0 radical (unpaired) electrons. The van der Waals surface area contributed by atoms with Crippen molar-refractivity contribution < 1.29 is 9.59 Å². The molecule has 9 heteroatoms. The maximum atomic E-state index is 12.4. The van der Waals surface area contributed by atoms with Crippen molar-refractivity contribution in [2.24, 2.45) is 5.92 Å². The summed E-state index contributed by atoms with van der Waals surface area (Å²) in [5.74, 6) is 0.568. The van der Waals surface area contributed by atoms with Crippen molar-refractivity contribution in [2.75, 3.05) is 0 Å². The summed E-state index contributed by atoms with van der Waals surface area (Å²) in [5, 5.41) is 4.12. The first-order valence-corrected chi connectivity index (χ1v) is 10.1. The van der Waals surface area contributed by atoms with E-state index in [-0.39, 0.29) is 18.2 Å². The number of carbonyl (C=O) groups excluding carboxylic acids is 2. The average Bonchev–Trinajstić information content (AvgIpc) is 3.29. The number of rotatable bonds is 3. The summed E-state index contributed by atoms with van der Waals surface area (Å²) in [6.07, 6.45) is 4.73. The second kappa shape index (κ2) is 7.31. The summed E-state index contributed by atoms with van der Waals surface area (Å²) < 4.78 is 1.60. The van der Waals surface area contributed by atoms with Crippen LogP contribution >= 0.6 is 11.3 Å². The Balaban J connectivity index is 1.40. The van der Waals surface area contributed by atoms with Crippen LogP contribution in [0.25, 0.3) is 5.78 Å². The molecule has 28 heavy (non-hydrogen) atoms. The van der Waals surface area contributed by atoms with Gasteiger partial charge in [0.15, 0.2) is 0 Å². The van der Waals surface area contributed by atoms with Crippen molar-refractivity contribution in [2.45, 2.75) is 46.5 Å². The van der Waals surface area contributed by atoms with Gasteiger partial charge in [-0.3, -0.25) is 20.4 Å². The molecule has 2 amide bonds. The lowest BCUT2D eigenvalue weighted by Crippen LogP contribution is -2.42. The number of aryl methyl sites for hydroxylation is 3. The summed E-state index contributed by atoms with van der Waals surface area (Å²) >= 11 is 1.52. The third-order valence-corrected chi connectivity index (χ3v) is 6.43. The van der Waals surface area contributed by atoms with Crippen LogP contribution < -0.4 is 10.9 Å². The van der Waals surface area contributed by atoms with Gasteiger partial charge in [-0.1, -0.05) is 6.92 Å².